The molecule has 3 N–H and O–H groups in total. The molecule has 2 aromatic carbocycles. The molecule has 4 amide bonds. The number of rotatable bonds is 7. The van der Waals surface area contributed by atoms with Gasteiger partial charge in [0.2, 0.25) is 27.7 Å². The first-order chi connectivity index (χ1) is 27.2. The fraction of sp³-hybridized carbons (Fsp3) is 0.439. The number of fused-ring (bicyclic) bond motifs is 5. The minimum absolute atomic E-state index is 0.0450. The number of halogens is 2. The van der Waals surface area contributed by atoms with E-state index >= 15 is 0 Å². The summed E-state index contributed by atoms with van der Waals surface area (Å²) in [6.45, 7) is 3.32. The first kappa shape index (κ1) is 38.9. The lowest BCUT2D eigenvalue weighted by Gasteiger charge is -2.30. The van der Waals surface area contributed by atoms with E-state index in [2.05, 4.69) is 20.3 Å². The quantitative estimate of drug-likeness (QED) is 0.161. The predicted octanol–water partition coefficient (Wildman–Crippen LogP) is 5.58. The van der Waals surface area contributed by atoms with Crippen molar-refractivity contribution in [3.8, 4) is 5.88 Å². The number of ether oxygens (including phenoxy) is 1. The molecule has 2 aliphatic carbocycles. The Bertz CT molecular complexity index is 2450. The summed E-state index contributed by atoms with van der Waals surface area (Å²) in [5.41, 5.74) is -1.36. The molecule has 4 aliphatic rings. The second kappa shape index (κ2) is 14.8. The van der Waals surface area contributed by atoms with Crippen LogP contribution in [0.4, 0.5) is 8.78 Å². The number of sulfonamides is 1. The molecule has 0 radical (unpaired) electrons. The molecule has 0 bridgehead atoms. The maximum Gasteiger partial charge on any atom is 0.262 e. The van der Waals surface area contributed by atoms with E-state index in [0.29, 0.717) is 53.1 Å². The number of hydrogen-bond acceptors (Lipinski definition) is 9. The van der Waals surface area contributed by atoms with Crippen molar-refractivity contribution >= 4 is 66.7 Å². The SMILES string of the molecule is Cc1ccc(C(=O)N[C@H]2CCCCC/C=C\[C@@H]3C[C@@]3(C(=O)NS(=O)(=O)C3(C)CC3)NC(=O)[C@@H]3C[C@@H](Oc4nc5cc(F)ccc5c5cc(F)ccc45)CN3C2=O)s1. The molecule has 300 valence electrons. The van der Waals surface area contributed by atoms with Crippen LogP contribution in [0.2, 0.25) is 0 Å². The van der Waals surface area contributed by atoms with Crippen molar-refractivity contribution in [3.63, 3.8) is 0 Å². The van der Waals surface area contributed by atoms with E-state index in [-0.39, 0.29) is 30.8 Å². The summed E-state index contributed by atoms with van der Waals surface area (Å²) in [5.74, 6) is -3.98. The van der Waals surface area contributed by atoms with E-state index in [0.717, 1.165) is 17.7 Å². The van der Waals surface area contributed by atoms with Gasteiger partial charge in [-0.2, -0.15) is 0 Å². The Hall–Kier alpha value is -4.96. The lowest BCUT2D eigenvalue weighted by atomic mass is 10.0. The van der Waals surface area contributed by atoms with Crippen molar-refractivity contribution in [2.45, 2.75) is 100 Å². The summed E-state index contributed by atoms with van der Waals surface area (Å²) in [5, 5.41) is 7.12. The van der Waals surface area contributed by atoms with Gasteiger partial charge in [-0.3, -0.25) is 23.9 Å². The highest BCUT2D eigenvalue weighted by molar-refractivity contribution is 7.91. The number of nitrogens with one attached hydrogen (secondary N) is 3. The van der Waals surface area contributed by atoms with E-state index in [1.165, 1.54) is 52.6 Å². The van der Waals surface area contributed by atoms with Gasteiger partial charge in [0, 0.05) is 34.1 Å². The van der Waals surface area contributed by atoms with Crippen LogP contribution >= 0.6 is 11.3 Å². The van der Waals surface area contributed by atoms with E-state index in [4.69, 9.17) is 4.74 Å². The average molecular weight is 820 g/mol. The molecule has 0 unspecified atom stereocenters. The number of aromatic nitrogens is 1. The number of carbonyl (C=O) groups excluding carboxylic acids is 4. The van der Waals surface area contributed by atoms with Gasteiger partial charge in [0.05, 0.1) is 21.7 Å². The van der Waals surface area contributed by atoms with Gasteiger partial charge in [0.15, 0.2) is 0 Å². The zero-order valence-corrected chi connectivity index (χ0v) is 33.1. The monoisotopic (exact) mass is 819 g/mol. The minimum Gasteiger partial charge on any atom is -0.472 e. The standard InChI is InChI=1S/C41H43F2N5O7S2/c1-23-10-15-34(56-23)36(50)44-31-9-7-5-3-4-6-8-24-21-41(24,39(52)47-57(53,54)40(2)16-17-40)46-35(49)33-20-27(22-48(33)38(31)51)55-37-29-14-12-25(42)18-30(29)28-13-11-26(43)19-32(28)45-37/h6,8,10-15,18-19,24,27,31,33H,3-5,7,9,16-17,20-22H2,1-2H3,(H,44,50)(H,46,49)(H,47,52)/b8-6-/t24-,27-,31+,33+,41-/m1/s1. The highest BCUT2D eigenvalue weighted by Gasteiger charge is 2.63. The Morgan fingerprint density at radius 3 is 2.49 bits per heavy atom. The first-order valence-corrected chi connectivity index (χ1v) is 21.5. The summed E-state index contributed by atoms with van der Waals surface area (Å²) in [7, 11) is -4.03. The molecule has 16 heteroatoms. The van der Waals surface area contributed by atoms with Crippen LogP contribution in [0, 0.1) is 24.5 Å². The number of hydrogen-bond donors (Lipinski definition) is 3. The number of thiophene rings is 1. The Balaban J connectivity index is 1.14. The largest absolute Gasteiger partial charge is 0.472 e. The molecule has 5 atom stereocenters. The molecule has 2 aliphatic heterocycles. The van der Waals surface area contributed by atoms with Gasteiger partial charge in [-0.15, -0.1) is 11.3 Å². The molecule has 12 nitrogen and oxygen atoms in total. The smallest absolute Gasteiger partial charge is 0.262 e. The molecule has 8 rings (SSSR count). The Kier molecular flexibility index (Phi) is 10.1. The fourth-order valence-electron chi connectivity index (χ4n) is 7.90. The average Bonchev–Trinajstić information content (AvgIpc) is 3.96. The molecule has 3 fully saturated rings. The van der Waals surface area contributed by atoms with Crippen molar-refractivity contribution in [3.05, 3.63) is 82.1 Å². The van der Waals surface area contributed by atoms with Crippen molar-refractivity contribution < 1.29 is 41.1 Å². The number of carbonyl (C=O) groups is 4. The lowest BCUT2D eigenvalue weighted by molar-refractivity contribution is -0.141. The highest BCUT2D eigenvalue weighted by Crippen LogP contribution is 2.47. The molecule has 57 heavy (non-hydrogen) atoms. The highest BCUT2D eigenvalue weighted by atomic mass is 32.2. The third-order valence-corrected chi connectivity index (χ3v) is 14.9. The maximum atomic E-state index is 14.7. The number of aryl methyl sites for hydroxylation is 1. The number of benzene rings is 2. The maximum absolute atomic E-state index is 14.7. The van der Waals surface area contributed by atoms with Crippen LogP contribution in [0.1, 0.15) is 79.3 Å². The number of nitrogens with zero attached hydrogens (tertiary/aromatic N) is 2. The molecular weight excluding hydrogens is 777 g/mol. The number of amides is 4. The lowest BCUT2D eigenvalue weighted by Crippen LogP contribution is -2.58. The Labute approximate surface area is 332 Å². The Morgan fingerprint density at radius 2 is 1.75 bits per heavy atom. The van der Waals surface area contributed by atoms with E-state index in [1.807, 2.05) is 25.1 Å². The second-order valence-corrected chi connectivity index (χ2v) is 19.4. The zero-order valence-electron chi connectivity index (χ0n) is 31.5. The summed E-state index contributed by atoms with van der Waals surface area (Å²) in [6.07, 6.45) is 6.90. The molecule has 4 heterocycles. The number of pyridine rings is 1. The van der Waals surface area contributed by atoms with Gasteiger partial charge in [-0.05, 0) is 100 Å². The third kappa shape index (κ3) is 7.61. The third-order valence-electron chi connectivity index (χ3n) is 11.7. The predicted molar refractivity (Wildman–Crippen MR) is 210 cm³/mol. The van der Waals surface area contributed by atoms with Crippen LogP contribution in [-0.2, 0) is 24.4 Å². The van der Waals surface area contributed by atoms with Crippen molar-refractivity contribution in [2.75, 3.05) is 6.54 Å². The number of allylic oxidation sites excluding steroid dienone is 1. The van der Waals surface area contributed by atoms with Gasteiger partial charge >= 0.3 is 0 Å². The topological polar surface area (TPSA) is 164 Å². The second-order valence-electron chi connectivity index (χ2n) is 15.9. The van der Waals surface area contributed by atoms with Gasteiger partial charge in [-0.1, -0.05) is 25.0 Å². The van der Waals surface area contributed by atoms with Crippen molar-refractivity contribution in [1.82, 2.24) is 25.2 Å². The van der Waals surface area contributed by atoms with Gasteiger partial charge in [-0.25, -0.2) is 22.2 Å². The summed E-state index contributed by atoms with van der Waals surface area (Å²) >= 11 is 1.29. The van der Waals surface area contributed by atoms with Crippen molar-refractivity contribution in [1.29, 1.82) is 0 Å². The molecule has 1 saturated heterocycles. The summed E-state index contributed by atoms with van der Waals surface area (Å²) < 4.78 is 62.9. The molecular formula is C41H43F2N5O7S2. The fourth-order valence-corrected chi connectivity index (χ4v) is 9.98. The minimum atomic E-state index is -4.03. The molecule has 4 aromatic rings. The van der Waals surface area contributed by atoms with Gasteiger partial charge < -0.3 is 20.3 Å². The van der Waals surface area contributed by atoms with Crippen molar-refractivity contribution in [2.24, 2.45) is 5.92 Å². The summed E-state index contributed by atoms with van der Waals surface area (Å²) in [4.78, 5) is 63.8. The first-order valence-electron chi connectivity index (χ1n) is 19.2. The van der Waals surface area contributed by atoms with E-state index in [1.54, 1.807) is 13.0 Å². The molecule has 0 spiro atoms. The van der Waals surface area contributed by atoms with Crippen LogP contribution in [0.5, 0.6) is 5.88 Å². The van der Waals surface area contributed by atoms with E-state index in [9.17, 15) is 36.4 Å². The zero-order chi connectivity index (χ0) is 40.3. The van der Waals surface area contributed by atoms with E-state index < -0.39 is 79.7 Å². The molecule has 2 aromatic heterocycles. The van der Waals surface area contributed by atoms with Crippen LogP contribution in [-0.4, -0.2) is 76.9 Å². The van der Waals surface area contributed by atoms with Gasteiger partial charge in [0.1, 0.15) is 35.4 Å². The van der Waals surface area contributed by atoms with Crippen LogP contribution < -0.4 is 20.1 Å². The van der Waals surface area contributed by atoms with Gasteiger partial charge in [0.25, 0.3) is 11.8 Å². The molecule has 2 saturated carbocycles. The summed E-state index contributed by atoms with van der Waals surface area (Å²) in [6, 6.07) is 9.31. The van der Waals surface area contributed by atoms with Crippen LogP contribution in [0.25, 0.3) is 21.7 Å². The van der Waals surface area contributed by atoms with Crippen LogP contribution in [0.15, 0.2) is 60.7 Å². The normalized spacial score (nSPS) is 26.7. The van der Waals surface area contributed by atoms with Crippen LogP contribution in [0.3, 0.4) is 0 Å². The Morgan fingerprint density at radius 1 is 1.00 bits per heavy atom.